The maximum Gasteiger partial charge on any atom is 0.288 e. The molecule has 0 aliphatic carbocycles. The zero-order chi connectivity index (χ0) is 16.4. The van der Waals surface area contributed by atoms with E-state index in [0.29, 0.717) is 12.3 Å². The lowest BCUT2D eigenvalue weighted by molar-refractivity contribution is -0.113. The number of hydrazine groups is 1. The molecule has 0 spiro atoms. The lowest BCUT2D eigenvalue weighted by Gasteiger charge is -2.25. The Bertz CT molecular complexity index is 726. The molecular weight excluding hydrogens is 290 g/mol. The van der Waals surface area contributed by atoms with Crippen molar-refractivity contribution < 1.29 is 9.90 Å². The van der Waals surface area contributed by atoms with Crippen LogP contribution in [0.5, 0.6) is 5.75 Å². The summed E-state index contributed by atoms with van der Waals surface area (Å²) in [6.07, 6.45) is 0. The summed E-state index contributed by atoms with van der Waals surface area (Å²) in [5.74, 6) is 0.131. The predicted octanol–water partition coefficient (Wildman–Crippen LogP) is 2.62. The maximum absolute atomic E-state index is 12.7. The van der Waals surface area contributed by atoms with Gasteiger partial charge in [-0.1, -0.05) is 30.3 Å². The van der Waals surface area contributed by atoms with Gasteiger partial charge in [0.25, 0.3) is 5.91 Å². The van der Waals surface area contributed by atoms with Crippen molar-refractivity contribution in [2.75, 3.05) is 12.1 Å². The second-order valence-corrected chi connectivity index (χ2v) is 5.57. The summed E-state index contributed by atoms with van der Waals surface area (Å²) in [4.78, 5) is 17.2. The number of hydrogen-bond donors (Lipinski definition) is 1. The van der Waals surface area contributed by atoms with Crippen LogP contribution in [0.15, 0.2) is 59.6 Å². The summed E-state index contributed by atoms with van der Waals surface area (Å²) >= 11 is 0. The Morgan fingerprint density at radius 3 is 2.39 bits per heavy atom. The first-order valence-corrected chi connectivity index (χ1v) is 7.52. The highest BCUT2D eigenvalue weighted by atomic mass is 16.3. The molecular formula is C18H19N3O2. The summed E-state index contributed by atoms with van der Waals surface area (Å²) in [5, 5.41) is 12.9. The van der Waals surface area contributed by atoms with Crippen LogP contribution < -0.4 is 5.01 Å². The van der Waals surface area contributed by atoms with Gasteiger partial charge in [0.15, 0.2) is 0 Å². The van der Waals surface area contributed by atoms with Gasteiger partial charge in [-0.3, -0.25) is 9.79 Å². The van der Waals surface area contributed by atoms with E-state index in [0.717, 1.165) is 11.3 Å². The van der Waals surface area contributed by atoms with E-state index in [4.69, 9.17) is 0 Å². The molecule has 1 unspecified atom stereocenters. The Balaban J connectivity index is 1.84. The Labute approximate surface area is 135 Å². The fourth-order valence-electron chi connectivity index (χ4n) is 2.63. The Morgan fingerprint density at radius 1 is 1.09 bits per heavy atom. The number of phenols is 1. The van der Waals surface area contributed by atoms with Gasteiger partial charge in [-0.2, -0.15) is 0 Å². The average molecular weight is 309 g/mol. The van der Waals surface area contributed by atoms with Crippen LogP contribution in [0.25, 0.3) is 0 Å². The number of aliphatic imine (C=N–C) groups is 1. The molecule has 118 valence electrons. The minimum atomic E-state index is -0.0926. The zero-order valence-corrected chi connectivity index (χ0v) is 13.2. The number of amides is 1. The SMILES string of the molecule is CC1C(=NCc2ccc(O)cc2)C(=O)N(c2ccccc2)N1C. The van der Waals surface area contributed by atoms with Gasteiger partial charge in [-0.05, 0) is 36.8 Å². The molecule has 2 aromatic rings. The van der Waals surface area contributed by atoms with Gasteiger partial charge in [-0.25, -0.2) is 10.0 Å². The van der Waals surface area contributed by atoms with Crippen LogP contribution in [0, 0.1) is 0 Å². The Morgan fingerprint density at radius 2 is 1.74 bits per heavy atom. The molecule has 0 saturated carbocycles. The minimum Gasteiger partial charge on any atom is -0.508 e. The summed E-state index contributed by atoms with van der Waals surface area (Å²) in [5.41, 5.74) is 2.34. The summed E-state index contributed by atoms with van der Waals surface area (Å²) in [6.45, 7) is 2.39. The maximum atomic E-state index is 12.7. The molecule has 1 saturated heterocycles. The van der Waals surface area contributed by atoms with Crippen molar-refractivity contribution in [3.63, 3.8) is 0 Å². The molecule has 1 atom stereocenters. The number of carbonyl (C=O) groups is 1. The number of aromatic hydroxyl groups is 1. The van der Waals surface area contributed by atoms with Crippen LogP contribution in [0.1, 0.15) is 12.5 Å². The standard InChI is InChI=1S/C18H19N3O2/c1-13-17(19-12-14-8-10-16(22)11-9-14)18(23)21(20(13)2)15-6-4-3-5-7-15/h3-11,13,22H,12H2,1-2H3. The zero-order valence-electron chi connectivity index (χ0n) is 13.2. The third-order valence-electron chi connectivity index (χ3n) is 4.05. The molecule has 0 bridgehead atoms. The van der Waals surface area contributed by atoms with Gasteiger partial charge in [0.2, 0.25) is 0 Å². The van der Waals surface area contributed by atoms with Crippen LogP contribution >= 0.6 is 0 Å². The largest absolute Gasteiger partial charge is 0.508 e. The number of phenolic OH excluding ortho intramolecular Hbond substituents is 1. The highest BCUT2D eigenvalue weighted by Crippen LogP contribution is 2.24. The molecule has 23 heavy (non-hydrogen) atoms. The third-order valence-corrected chi connectivity index (χ3v) is 4.05. The lowest BCUT2D eigenvalue weighted by atomic mass is 10.2. The van der Waals surface area contributed by atoms with Crippen molar-refractivity contribution >= 4 is 17.3 Å². The van der Waals surface area contributed by atoms with Crippen LogP contribution in [0.4, 0.5) is 5.69 Å². The minimum absolute atomic E-state index is 0.0835. The Hall–Kier alpha value is -2.66. The van der Waals surface area contributed by atoms with Gasteiger partial charge in [0, 0.05) is 7.05 Å². The molecule has 2 aromatic carbocycles. The first kappa shape index (κ1) is 15.2. The third kappa shape index (κ3) is 2.96. The first-order chi connectivity index (χ1) is 11.1. The molecule has 1 heterocycles. The molecule has 0 radical (unpaired) electrons. The van der Waals surface area contributed by atoms with E-state index in [1.807, 2.05) is 61.4 Å². The highest BCUT2D eigenvalue weighted by molar-refractivity contribution is 6.47. The van der Waals surface area contributed by atoms with Gasteiger partial charge < -0.3 is 5.11 Å². The normalized spacial score (nSPS) is 20.4. The second kappa shape index (κ2) is 6.22. The molecule has 1 fully saturated rings. The van der Waals surface area contributed by atoms with Crippen LogP contribution in [0.2, 0.25) is 0 Å². The molecule has 5 nitrogen and oxygen atoms in total. The number of benzene rings is 2. The van der Waals surface area contributed by atoms with E-state index < -0.39 is 0 Å². The fraction of sp³-hybridized carbons (Fsp3) is 0.222. The van der Waals surface area contributed by atoms with Crippen LogP contribution in [-0.4, -0.2) is 34.8 Å². The summed E-state index contributed by atoms with van der Waals surface area (Å²) in [7, 11) is 1.89. The number of hydrogen-bond acceptors (Lipinski definition) is 4. The molecule has 0 aromatic heterocycles. The van der Waals surface area contributed by atoms with Crippen molar-refractivity contribution in [1.29, 1.82) is 0 Å². The second-order valence-electron chi connectivity index (χ2n) is 5.57. The van der Waals surface area contributed by atoms with E-state index in [2.05, 4.69) is 4.99 Å². The summed E-state index contributed by atoms with van der Waals surface area (Å²) in [6, 6.07) is 16.3. The molecule has 3 rings (SSSR count). The van der Waals surface area contributed by atoms with Gasteiger partial charge >= 0.3 is 0 Å². The van der Waals surface area contributed by atoms with Gasteiger partial charge in [0.05, 0.1) is 18.3 Å². The molecule has 1 aliphatic heterocycles. The van der Waals surface area contributed by atoms with Gasteiger partial charge in [0.1, 0.15) is 11.5 Å². The molecule has 1 amide bonds. The molecule has 1 N–H and O–H groups in total. The van der Waals surface area contributed by atoms with Crippen molar-refractivity contribution in [2.24, 2.45) is 4.99 Å². The number of para-hydroxylation sites is 1. The molecule has 5 heteroatoms. The smallest absolute Gasteiger partial charge is 0.288 e. The monoisotopic (exact) mass is 309 g/mol. The average Bonchev–Trinajstić information content (AvgIpc) is 2.78. The van der Waals surface area contributed by atoms with Crippen LogP contribution in [0.3, 0.4) is 0 Å². The van der Waals surface area contributed by atoms with E-state index in [-0.39, 0.29) is 17.7 Å². The van der Waals surface area contributed by atoms with E-state index in [9.17, 15) is 9.90 Å². The van der Waals surface area contributed by atoms with Crippen molar-refractivity contribution in [3.8, 4) is 5.75 Å². The fourth-order valence-corrected chi connectivity index (χ4v) is 2.63. The Kier molecular flexibility index (Phi) is 4.12. The quantitative estimate of drug-likeness (QED) is 0.948. The highest BCUT2D eigenvalue weighted by Gasteiger charge is 2.39. The van der Waals surface area contributed by atoms with E-state index >= 15 is 0 Å². The predicted molar refractivity (Wildman–Crippen MR) is 90.4 cm³/mol. The van der Waals surface area contributed by atoms with E-state index in [1.165, 1.54) is 0 Å². The number of anilines is 1. The van der Waals surface area contributed by atoms with Crippen molar-refractivity contribution in [1.82, 2.24) is 5.01 Å². The van der Waals surface area contributed by atoms with Crippen LogP contribution in [-0.2, 0) is 11.3 Å². The number of nitrogens with zero attached hydrogens (tertiary/aromatic N) is 3. The van der Waals surface area contributed by atoms with E-state index in [1.54, 1.807) is 17.1 Å². The number of carbonyl (C=O) groups excluding carboxylic acids is 1. The lowest BCUT2D eigenvalue weighted by Crippen LogP contribution is -2.38. The van der Waals surface area contributed by atoms with Crippen molar-refractivity contribution in [3.05, 3.63) is 60.2 Å². The topological polar surface area (TPSA) is 56.1 Å². The summed E-state index contributed by atoms with van der Waals surface area (Å²) < 4.78 is 0. The molecule has 1 aliphatic rings. The number of rotatable bonds is 3. The first-order valence-electron chi connectivity index (χ1n) is 7.52. The van der Waals surface area contributed by atoms with Crippen molar-refractivity contribution in [2.45, 2.75) is 19.5 Å². The van der Waals surface area contributed by atoms with Gasteiger partial charge in [-0.15, -0.1) is 0 Å².